The molecule has 0 unspecified atom stereocenters. The summed E-state index contributed by atoms with van der Waals surface area (Å²) in [6.07, 6.45) is 0. The van der Waals surface area contributed by atoms with Gasteiger partial charge in [-0.05, 0) is 31.5 Å². The third-order valence-electron chi connectivity index (χ3n) is 4.68. The minimum Gasteiger partial charge on any atom is -0.465 e. The summed E-state index contributed by atoms with van der Waals surface area (Å²) >= 11 is 0. The van der Waals surface area contributed by atoms with Gasteiger partial charge in [-0.1, -0.05) is 12.1 Å². The number of imide groups is 1. The van der Waals surface area contributed by atoms with E-state index in [-0.39, 0.29) is 23.9 Å². The first kappa shape index (κ1) is 16.6. The summed E-state index contributed by atoms with van der Waals surface area (Å²) in [5.41, 5.74) is 4.51. The molecule has 7 heteroatoms. The number of nitrogens with zero attached hydrogens (tertiary/aromatic N) is 2. The third kappa shape index (κ3) is 2.40. The van der Waals surface area contributed by atoms with Crippen LogP contribution < -0.4 is 5.43 Å². The number of benzene rings is 1. The number of amides is 2. The summed E-state index contributed by atoms with van der Waals surface area (Å²) < 4.78 is 4.69. The number of hydrazine groups is 1. The molecule has 0 spiro atoms. The van der Waals surface area contributed by atoms with E-state index < -0.39 is 17.9 Å². The number of likely N-dealkylation sites (N-methyl/N-ethyl adjacent to an activating group) is 1. The van der Waals surface area contributed by atoms with Crippen LogP contribution in [0.1, 0.15) is 35.8 Å². The molecule has 7 nitrogen and oxygen atoms in total. The van der Waals surface area contributed by atoms with Gasteiger partial charge < -0.3 is 4.74 Å². The van der Waals surface area contributed by atoms with E-state index in [0.717, 1.165) is 5.56 Å². The average Bonchev–Trinajstić information content (AvgIpc) is 3.03. The topological polar surface area (TPSA) is 79.0 Å². The normalized spacial score (nSPS) is 27.0. The number of methoxy groups -OCH3 is 1. The second kappa shape index (κ2) is 5.99. The molecule has 1 aromatic carbocycles. The fourth-order valence-corrected chi connectivity index (χ4v) is 3.55. The van der Waals surface area contributed by atoms with Gasteiger partial charge in [-0.2, -0.15) is 0 Å². The minimum atomic E-state index is -0.495. The number of rotatable bonds is 3. The van der Waals surface area contributed by atoms with E-state index in [1.807, 2.05) is 13.8 Å². The Morgan fingerprint density at radius 1 is 1.17 bits per heavy atom. The molecule has 1 aromatic rings. The molecular formula is C17H21N3O4. The molecule has 0 bridgehead atoms. The van der Waals surface area contributed by atoms with Crippen molar-refractivity contribution in [2.24, 2.45) is 5.92 Å². The maximum absolute atomic E-state index is 12.8. The fraction of sp³-hybridized carbons (Fsp3) is 0.471. The van der Waals surface area contributed by atoms with Gasteiger partial charge >= 0.3 is 5.97 Å². The highest BCUT2D eigenvalue weighted by molar-refractivity contribution is 6.08. The molecule has 1 N–H and O–H groups in total. The van der Waals surface area contributed by atoms with E-state index >= 15 is 0 Å². The van der Waals surface area contributed by atoms with E-state index in [0.29, 0.717) is 5.56 Å². The van der Waals surface area contributed by atoms with Crippen LogP contribution >= 0.6 is 0 Å². The lowest BCUT2D eigenvalue weighted by molar-refractivity contribution is -0.143. The van der Waals surface area contributed by atoms with E-state index in [1.165, 1.54) is 12.0 Å². The second-order valence-corrected chi connectivity index (χ2v) is 6.44. The first-order valence-electron chi connectivity index (χ1n) is 7.91. The van der Waals surface area contributed by atoms with Gasteiger partial charge in [-0.3, -0.25) is 14.5 Å². The smallest absolute Gasteiger partial charge is 0.337 e. The highest BCUT2D eigenvalue weighted by Crippen LogP contribution is 2.40. The molecule has 24 heavy (non-hydrogen) atoms. The predicted molar refractivity (Wildman–Crippen MR) is 85.7 cm³/mol. The molecule has 3 atom stereocenters. The Hall–Kier alpha value is -2.25. The summed E-state index contributed by atoms with van der Waals surface area (Å²) in [7, 11) is 3.10. The van der Waals surface area contributed by atoms with Crippen molar-refractivity contribution in [2.75, 3.05) is 14.2 Å². The molecule has 0 aromatic heterocycles. The van der Waals surface area contributed by atoms with Gasteiger partial charge in [0.1, 0.15) is 6.04 Å². The molecule has 2 aliphatic heterocycles. The van der Waals surface area contributed by atoms with Crippen molar-refractivity contribution < 1.29 is 19.1 Å². The Bertz CT molecular complexity index is 686. The maximum atomic E-state index is 12.8. The van der Waals surface area contributed by atoms with Gasteiger partial charge in [0.25, 0.3) is 0 Å². The summed E-state index contributed by atoms with van der Waals surface area (Å²) in [5.74, 6) is -1.19. The van der Waals surface area contributed by atoms with Crippen LogP contribution in [0.5, 0.6) is 0 Å². The number of esters is 1. The largest absolute Gasteiger partial charge is 0.465 e. The van der Waals surface area contributed by atoms with E-state index in [9.17, 15) is 14.4 Å². The molecule has 2 saturated heterocycles. The Balaban J connectivity index is 1.91. The van der Waals surface area contributed by atoms with Crippen molar-refractivity contribution >= 4 is 17.8 Å². The summed E-state index contributed by atoms with van der Waals surface area (Å²) in [6, 6.07) is 5.95. The van der Waals surface area contributed by atoms with E-state index in [2.05, 4.69) is 5.43 Å². The molecule has 0 saturated carbocycles. The van der Waals surface area contributed by atoms with Crippen LogP contribution in [-0.2, 0) is 14.3 Å². The van der Waals surface area contributed by atoms with Crippen LogP contribution in [0.4, 0.5) is 0 Å². The highest BCUT2D eigenvalue weighted by Gasteiger charge is 2.58. The quantitative estimate of drug-likeness (QED) is 0.650. The SMILES string of the molecule is COC(=O)c1ccc([C@@H]2NN(C)[C@@H]3C(=O)N(C(C)C)C(=O)[C@H]32)cc1. The van der Waals surface area contributed by atoms with Gasteiger partial charge in [0.15, 0.2) is 0 Å². The lowest BCUT2D eigenvalue weighted by atomic mass is 9.90. The number of likely N-dealkylation sites (tertiary alicyclic amines) is 1. The fourth-order valence-electron chi connectivity index (χ4n) is 3.55. The Kier molecular flexibility index (Phi) is 4.15. The Morgan fingerprint density at radius 3 is 2.33 bits per heavy atom. The molecule has 2 heterocycles. The molecule has 2 aliphatic rings. The minimum absolute atomic E-state index is 0.154. The summed E-state index contributed by atoms with van der Waals surface area (Å²) in [6.45, 7) is 3.68. The monoisotopic (exact) mass is 331 g/mol. The van der Waals surface area contributed by atoms with Crippen molar-refractivity contribution in [1.82, 2.24) is 15.3 Å². The van der Waals surface area contributed by atoms with Crippen LogP contribution in [0.3, 0.4) is 0 Å². The first-order chi connectivity index (χ1) is 11.4. The Morgan fingerprint density at radius 2 is 1.79 bits per heavy atom. The molecule has 2 amide bonds. The zero-order valence-corrected chi connectivity index (χ0v) is 14.1. The van der Waals surface area contributed by atoms with Crippen molar-refractivity contribution in [3.05, 3.63) is 35.4 Å². The van der Waals surface area contributed by atoms with Crippen LogP contribution in [0.2, 0.25) is 0 Å². The van der Waals surface area contributed by atoms with Crippen molar-refractivity contribution in [1.29, 1.82) is 0 Å². The van der Waals surface area contributed by atoms with Gasteiger partial charge in [0.2, 0.25) is 11.8 Å². The zero-order chi connectivity index (χ0) is 17.6. The van der Waals surface area contributed by atoms with E-state index in [4.69, 9.17) is 4.74 Å². The van der Waals surface area contributed by atoms with Gasteiger partial charge in [0.05, 0.1) is 24.6 Å². The van der Waals surface area contributed by atoms with Crippen molar-refractivity contribution in [2.45, 2.75) is 32.0 Å². The number of nitrogens with one attached hydrogen (secondary N) is 1. The van der Waals surface area contributed by atoms with Gasteiger partial charge in [-0.25, -0.2) is 15.2 Å². The molecule has 128 valence electrons. The summed E-state index contributed by atoms with van der Waals surface area (Å²) in [5, 5.41) is 1.71. The summed E-state index contributed by atoms with van der Waals surface area (Å²) in [4.78, 5) is 38.2. The number of ether oxygens (including phenoxy) is 1. The number of carbonyl (C=O) groups is 3. The van der Waals surface area contributed by atoms with Crippen molar-refractivity contribution in [3.8, 4) is 0 Å². The molecular weight excluding hydrogens is 310 g/mol. The van der Waals surface area contributed by atoms with Gasteiger partial charge in [0, 0.05) is 13.1 Å². The lowest BCUT2D eigenvalue weighted by Crippen LogP contribution is -2.45. The van der Waals surface area contributed by atoms with E-state index in [1.54, 1.807) is 36.3 Å². The second-order valence-electron chi connectivity index (χ2n) is 6.44. The molecule has 3 rings (SSSR count). The zero-order valence-electron chi connectivity index (χ0n) is 14.1. The lowest BCUT2D eigenvalue weighted by Gasteiger charge is -2.24. The first-order valence-corrected chi connectivity index (χ1v) is 7.91. The highest BCUT2D eigenvalue weighted by atomic mass is 16.5. The maximum Gasteiger partial charge on any atom is 0.337 e. The number of carbonyl (C=O) groups excluding carboxylic acids is 3. The molecule has 2 fully saturated rings. The number of hydrogen-bond acceptors (Lipinski definition) is 6. The Labute approximate surface area is 140 Å². The average molecular weight is 331 g/mol. The molecule has 0 radical (unpaired) electrons. The van der Waals surface area contributed by atoms with Crippen LogP contribution in [0.25, 0.3) is 0 Å². The standard InChI is InChI=1S/C17H21N3O4/c1-9(2)20-15(21)12-13(18-19(3)14(12)16(20)22)10-5-7-11(8-6-10)17(23)24-4/h5-9,12-14,18H,1-4H3/t12-,13-,14-/m0/s1. The predicted octanol–water partition coefficient (Wildman–Crippen LogP) is 0.726. The van der Waals surface area contributed by atoms with Crippen molar-refractivity contribution in [3.63, 3.8) is 0 Å². The van der Waals surface area contributed by atoms with Crippen LogP contribution in [-0.4, -0.2) is 53.9 Å². The van der Waals surface area contributed by atoms with Crippen LogP contribution in [0.15, 0.2) is 24.3 Å². The molecule has 0 aliphatic carbocycles. The third-order valence-corrected chi connectivity index (χ3v) is 4.68. The van der Waals surface area contributed by atoms with Gasteiger partial charge in [-0.15, -0.1) is 0 Å². The van der Waals surface area contributed by atoms with Crippen LogP contribution in [0, 0.1) is 5.92 Å². The number of hydrogen-bond donors (Lipinski definition) is 1. The number of fused-ring (bicyclic) bond motifs is 1.